The third kappa shape index (κ3) is 2.01. The molecule has 7 heteroatoms. The van der Waals surface area contributed by atoms with E-state index in [9.17, 15) is 4.79 Å². The van der Waals surface area contributed by atoms with Gasteiger partial charge in [-0.3, -0.25) is 4.79 Å². The highest BCUT2D eigenvalue weighted by Gasteiger charge is 2.63. The molecule has 2 atom stereocenters. The first kappa shape index (κ1) is 14.7. The second-order valence-corrected chi connectivity index (χ2v) is 7.13. The fourth-order valence-corrected chi connectivity index (χ4v) is 4.15. The summed E-state index contributed by atoms with van der Waals surface area (Å²) in [6.45, 7) is 0. The fraction of sp³-hybridized carbons (Fsp3) is 0.111. The van der Waals surface area contributed by atoms with Gasteiger partial charge in [-0.25, -0.2) is 0 Å². The highest BCUT2D eigenvalue weighted by molar-refractivity contribution is 7.12. The SMILES string of the molecule is O=C1c2sccc2OC12ON=C(c1ccc(Cl)cc1)C2c1ccoc1. The van der Waals surface area contributed by atoms with Crippen LogP contribution in [-0.4, -0.2) is 17.3 Å². The Labute approximate surface area is 151 Å². The van der Waals surface area contributed by atoms with Crippen LogP contribution in [0.2, 0.25) is 5.02 Å². The molecule has 0 fully saturated rings. The lowest BCUT2D eigenvalue weighted by atomic mass is 9.83. The Bertz CT molecular complexity index is 993. The summed E-state index contributed by atoms with van der Waals surface area (Å²) in [5.74, 6) is -1.77. The molecule has 1 spiro atoms. The summed E-state index contributed by atoms with van der Waals surface area (Å²) in [5, 5.41) is 6.65. The van der Waals surface area contributed by atoms with Gasteiger partial charge in [0, 0.05) is 16.1 Å². The molecule has 5 rings (SSSR count). The third-order valence-electron chi connectivity index (χ3n) is 4.36. The van der Waals surface area contributed by atoms with Gasteiger partial charge >= 0.3 is 5.79 Å². The lowest BCUT2D eigenvalue weighted by molar-refractivity contribution is -0.128. The van der Waals surface area contributed by atoms with Crippen molar-refractivity contribution in [3.05, 3.63) is 75.3 Å². The maximum atomic E-state index is 13.1. The molecule has 4 heterocycles. The zero-order chi connectivity index (χ0) is 17.0. The number of rotatable bonds is 2. The Hall–Kier alpha value is -2.57. The number of thiophene rings is 1. The average Bonchev–Trinajstić information content (AvgIpc) is 3.37. The lowest BCUT2D eigenvalue weighted by Crippen LogP contribution is -2.46. The molecule has 0 N–H and O–H groups in total. The Balaban J connectivity index is 1.64. The molecule has 2 unspecified atom stereocenters. The van der Waals surface area contributed by atoms with E-state index in [0.717, 1.165) is 11.1 Å². The van der Waals surface area contributed by atoms with Crippen LogP contribution in [0, 0.1) is 0 Å². The Morgan fingerprint density at radius 2 is 2.00 bits per heavy atom. The minimum atomic E-state index is -1.53. The molecule has 0 amide bonds. The van der Waals surface area contributed by atoms with Crippen LogP contribution in [0.25, 0.3) is 0 Å². The molecule has 124 valence electrons. The van der Waals surface area contributed by atoms with Crippen LogP contribution in [0.3, 0.4) is 0 Å². The number of fused-ring (bicyclic) bond motifs is 1. The van der Waals surface area contributed by atoms with Crippen LogP contribution in [0.5, 0.6) is 5.75 Å². The van der Waals surface area contributed by atoms with Crippen molar-refractivity contribution in [2.75, 3.05) is 0 Å². The Morgan fingerprint density at radius 3 is 2.72 bits per heavy atom. The normalized spacial score (nSPS) is 24.1. The van der Waals surface area contributed by atoms with E-state index in [1.165, 1.54) is 11.3 Å². The minimum absolute atomic E-state index is 0.226. The molecule has 25 heavy (non-hydrogen) atoms. The van der Waals surface area contributed by atoms with Crippen molar-refractivity contribution < 1.29 is 18.8 Å². The van der Waals surface area contributed by atoms with Crippen molar-refractivity contribution in [3.8, 4) is 5.75 Å². The van der Waals surface area contributed by atoms with Crippen LogP contribution < -0.4 is 4.74 Å². The second-order valence-electron chi connectivity index (χ2n) is 5.78. The molecule has 0 saturated carbocycles. The van der Waals surface area contributed by atoms with Gasteiger partial charge < -0.3 is 14.0 Å². The molecular formula is C18H10ClNO4S. The summed E-state index contributed by atoms with van der Waals surface area (Å²) in [6.07, 6.45) is 3.13. The number of ketones is 1. The Morgan fingerprint density at radius 1 is 1.16 bits per heavy atom. The fourth-order valence-electron chi connectivity index (χ4n) is 3.22. The number of oxime groups is 1. The largest absolute Gasteiger partial charge is 0.472 e. The number of carbonyl (C=O) groups is 1. The van der Waals surface area contributed by atoms with Crippen molar-refractivity contribution in [1.29, 1.82) is 0 Å². The van der Waals surface area contributed by atoms with Crippen molar-refractivity contribution >= 4 is 34.4 Å². The van der Waals surface area contributed by atoms with E-state index in [1.54, 1.807) is 36.8 Å². The average molecular weight is 372 g/mol. The summed E-state index contributed by atoms with van der Waals surface area (Å²) < 4.78 is 11.2. The molecule has 1 aromatic carbocycles. The zero-order valence-corrected chi connectivity index (χ0v) is 14.2. The predicted octanol–water partition coefficient (Wildman–Crippen LogP) is 4.48. The van der Waals surface area contributed by atoms with Crippen molar-refractivity contribution in [2.24, 2.45) is 5.16 Å². The van der Waals surface area contributed by atoms with Crippen molar-refractivity contribution in [3.63, 3.8) is 0 Å². The van der Waals surface area contributed by atoms with Gasteiger partial charge in [-0.15, -0.1) is 11.3 Å². The summed E-state index contributed by atoms with van der Waals surface area (Å²) in [7, 11) is 0. The molecule has 2 aromatic heterocycles. The standard InChI is InChI=1S/C18H10ClNO4S/c19-12-3-1-10(2-4-12)15-14(11-5-7-22-9-11)18(24-20-15)17(21)16-13(23-18)6-8-25-16/h1-9,14H. The number of Topliss-reactive ketones (excluding diaryl/α,β-unsaturated/α-hetero) is 1. The molecular weight excluding hydrogens is 362 g/mol. The summed E-state index contributed by atoms with van der Waals surface area (Å²) in [5.41, 5.74) is 2.16. The first-order valence-electron chi connectivity index (χ1n) is 7.54. The van der Waals surface area contributed by atoms with Gasteiger partial charge in [-0.1, -0.05) is 28.9 Å². The van der Waals surface area contributed by atoms with E-state index in [4.69, 9.17) is 25.6 Å². The number of benzene rings is 1. The van der Waals surface area contributed by atoms with Crippen LogP contribution in [-0.2, 0) is 4.84 Å². The van der Waals surface area contributed by atoms with Crippen molar-refractivity contribution in [1.82, 2.24) is 0 Å². The van der Waals surface area contributed by atoms with E-state index >= 15 is 0 Å². The monoisotopic (exact) mass is 371 g/mol. The maximum absolute atomic E-state index is 13.1. The van der Waals surface area contributed by atoms with Gasteiger partial charge in [0.25, 0.3) is 5.78 Å². The van der Waals surface area contributed by atoms with Crippen LogP contribution >= 0.6 is 22.9 Å². The lowest BCUT2D eigenvalue weighted by Gasteiger charge is -2.26. The van der Waals surface area contributed by atoms with Crippen LogP contribution in [0.15, 0.2) is 63.9 Å². The molecule has 3 aromatic rings. The van der Waals surface area contributed by atoms with Gasteiger partial charge in [-0.2, -0.15) is 0 Å². The highest BCUT2D eigenvalue weighted by Crippen LogP contribution is 2.50. The van der Waals surface area contributed by atoms with E-state index in [0.29, 0.717) is 21.4 Å². The number of halogens is 1. The molecule has 0 saturated heterocycles. The quantitative estimate of drug-likeness (QED) is 0.666. The van der Waals surface area contributed by atoms with Gasteiger partial charge in [0.05, 0.1) is 12.5 Å². The summed E-state index contributed by atoms with van der Waals surface area (Å²) >= 11 is 7.31. The number of nitrogens with zero attached hydrogens (tertiary/aromatic N) is 1. The van der Waals surface area contributed by atoms with Gasteiger partial charge in [0.1, 0.15) is 22.3 Å². The third-order valence-corrected chi connectivity index (χ3v) is 5.51. The summed E-state index contributed by atoms with van der Waals surface area (Å²) in [6, 6.07) is 10.8. The number of furan rings is 1. The molecule has 0 aliphatic carbocycles. The maximum Gasteiger partial charge on any atom is 0.353 e. The van der Waals surface area contributed by atoms with E-state index < -0.39 is 11.7 Å². The van der Waals surface area contributed by atoms with E-state index in [-0.39, 0.29) is 5.78 Å². The summed E-state index contributed by atoms with van der Waals surface area (Å²) in [4.78, 5) is 19.2. The van der Waals surface area contributed by atoms with E-state index in [1.807, 2.05) is 17.5 Å². The predicted molar refractivity (Wildman–Crippen MR) is 92.5 cm³/mol. The number of ether oxygens (including phenoxy) is 1. The van der Waals surface area contributed by atoms with Gasteiger partial charge in [0.15, 0.2) is 0 Å². The second kappa shape index (κ2) is 5.21. The van der Waals surface area contributed by atoms with Crippen LogP contribution in [0.4, 0.5) is 0 Å². The van der Waals surface area contributed by atoms with Gasteiger partial charge in [-0.05, 0) is 29.6 Å². The molecule has 5 nitrogen and oxygen atoms in total. The zero-order valence-electron chi connectivity index (χ0n) is 12.6. The molecule has 2 aliphatic heterocycles. The number of hydrogen-bond acceptors (Lipinski definition) is 6. The van der Waals surface area contributed by atoms with E-state index in [2.05, 4.69) is 5.16 Å². The Kier molecular flexibility index (Phi) is 3.07. The number of hydrogen-bond donors (Lipinski definition) is 0. The first-order chi connectivity index (χ1) is 12.2. The van der Waals surface area contributed by atoms with Crippen LogP contribution in [0.1, 0.15) is 26.7 Å². The molecule has 0 radical (unpaired) electrons. The number of carbonyl (C=O) groups excluding carboxylic acids is 1. The van der Waals surface area contributed by atoms with Gasteiger partial charge in [0.2, 0.25) is 0 Å². The molecule has 2 aliphatic rings. The van der Waals surface area contributed by atoms with Crippen molar-refractivity contribution in [2.45, 2.75) is 11.7 Å². The molecule has 0 bridgehead atoms. The first-order valence-corrected chi connectivity index (χ1v) is 8.80. The minimum Gasteiger partial charge on any atom is -0.472 e. The highest BCUT2D eigenvalue weighted by atomic mass is 35.5. The topological polar surface area (TPSA) is 61.0 Å². The smallest absolute Gasteiger partial charge is 0.353 e.